The average Bonchev–Trinajstić information content (AvgIpc) is 2.71. The van der Waals surface area contributed by atoms with Crippen molar-refractivity contribution in [2.75, 3.05) is 13.1 Å². The molecule has 0 aliphatic carbocycles. The first kappa shape index (κ1) is 17.3. The van der Waals surface area contributed by atoms with Crippen LogP contribution >= 0.6 is 0 Å². The maximum atomic E-state index is 13.2. The topological polar surface area (TPSA) is 51.0 Å². The molecule has 1 fully saturated rings. The second-order valence-corrected chi connectivity index (χ2v) is 7.83. The highest BCUT2D eigenvalue weighted by molar-refractivity contribution is 5.60. The van der Waals surface area contributed by atoms with E-state index in [0.717, 1.165) is 49.4 Å². The molecular weight excluding hydrogens is 355 g/mol. The van der Waals surface area contributed by atoms with Gasteiger partial charge in [-0.3, -0.25) is 9.69 Å². The fraction of sp³-hybridized carbons (Fsp3) is 0.318. The molecule has 1 aromatic carbocycles. The number of fused-ring (bicyclic) bond motifs is 4. The minimum Gasteiger partial charge on any atom is -0.311 e. The zero-order chi connectivity index (χ0) is 19.1. The third-order valence-corrected chi connectivity index (χ3v) is 5.87. The maximum Gasteiger partial charge on any atom is 0.258 e. The Morgan fingerprint density at radius 1 is 1.00 bits per heavy atom. The summed E-state index contributed by atoms with van der Waals surface area (Å²) in [7, 11) is 0. The molecule has 0 N–H and O–H groups in total. The van der Waals surface area contributed by atoms with Crippen LogP contribution in [-0.2, 0) is 13.1 Å². The SMILES string of the molecule is O=c1c(-c2cncnc2)ccc2n1CC1CC2CN(Cc2ccc(F)cc2)C1. The van der Waals surface area contributed by atoms with E-state index >= 15 is 0 Å². The van der Waals surface area contributed by atoms with Gasteiger partial charge in [-0.1, -0.05) is 12.1 Å². The van der Waals surface area contributed by atoms with Crippen LogP contribution in [0.3, 0.4) is 0 Å². The van der Waals surface area contributed by atoms with Crippen LogP contribution in [0.15, 0.2) is 59.9 Å². The number of hydrogen-bond donors (Lipinski definition) is 0. The van der Waals surface area contributed by atoms with E-state index in [-0.39, 0.29) is 11.4 Å². The number of hydrogen-bond acceptors (Lipinski definition) is 4. The predicted molar refractivity (Wildman–Crippen MR) is 104 cm³/mol. The highest BCUT2D eigenvalue weighted by Crippen LogP contribution is 2.36. The number of rotatable bonds is 3. The highest BCUT2D eigenvalue weighted by atomic mass is 19.1. The Balaban J connectivity index is 1.42. The van der Waals surface area contributed by atoms with Crippen molar-refractivity contribution in [2.24, 2.45) is 5.92 Å². The summed E-state index contributed by atoms with van der Waals surface area (Å²) in [5, 5.41) is 0. The van der Waals surface area contributed by atoms with Gasteiger partial charge in [0.15, 0.2) is 0 Å². The molecule has 2 aliphatic heterocycles. The van der Waals surface area contributed by atoms with E-state index in [4.69, 9.17) is 0 Å². The Bertz CT molecular complexity index is 1050. The molecule has 0 saturated carbocycles. The van der Waals surface area contributed by atoms with Crippen LogP contribution in [0, 0.1) is 11.7 Å². The minimum atomic E-state index is -0.202. The van der Waals surface area contributed by atoms with E-state index in [1.54, 1.807) is 12.4 Å². The van der Waals surface area contributed by atoms with Crippen LogP contribution in [-0.4, -0.2) is 32.5 Å². The largest absolute Gasteiger partial charge is 0.311 e. The molecule has 0 amide bonds. The van der Waals surface area contributed by atoms with E-state index in [9.17, 15) is 9.18 Å². The van der Waals surface area contributed by atoms with Crippen molar-refractivity contribution < 1.29 is 4.39 Å². The Labute approximate surface area is 162 Å². The van der Waals surface area contributed by atoms with Crippen molar-refractivity contribution in [3.63, 3.8) is 0 Å². The Hall–Kier alpha value is -2.86. The van der Waals surface area contributed by atoms with Crippen molar-refractivity contribution in [3.8, 4) is 11.1 Å². The molecule has 2 aliphatic rings. The molecule has 2 bridgehead atoms. The van der Waals surface area contributed by atoms with Crippen molar-refractivity contribution in [2.45, 2.75) is 25.4 Å². The van der Waals surface area contributed by atoms with Gasteiger partial charge in [0.2, 0.25) is 0 Å². The van der Waals surface area contributed by atoms with Crippen LogP contribution in [0.5, 0.6) is 0 Å². The standard InChI is InChI=1S/C22H21FN4O/c23-19-3-1-15(2-4-19)10-26-11-16-7-17(13-26)21-6-5-20(22(28)27(21)12-16)18-8-24-14-25-9-18/h1-6,8-9,14,16-17H,7,10-13H2. The van der Waals surface area contributed by atoms with Crippen molar-refractivity contribution in [1.82, 2.24) is 19.4 Å². The predicted octanol–water partition coefficient (Wildman–Crippen LogP) is 3.06. The van der Waals surface area contributed by atoms with Crippen LogP contribution in [0.2, 0.25) is 0 Å². The molecular formula is C22H21FN4O. The van der Waals surface area contributed by atoms with E-state index in [1.807, 2.05) is 22.8 Å². The van der Waals surface area contributed by atoms with Crippen LogP contribution in [0.1, 0.15) is 23.6 Å². The van der Waals surface area contributed by atoms with Gasteiger partial charge in [-0.25, -0.2) is 14.4 Å². The van der Waals surface area contributed by atoms with Crippen molar-refractivity contribution >= 4 is 0 Å². The summed E-state index contributed by atoms with van der Waals surface area (Å²) >= 11 is 0. The summed E-state index contributed by atoms with van der Waals surface area (Å²) in [5.41, 5.74) is 3.71. The van der Waals surface area contributed by atoms with Crippen molar-refractivity contribution in [3.05, 3.63) is 82.5 Å². The highest BCUT2D eigenvalue weighted by Gasteiger charge is 2.34. The number of pyridine rings is 1. The van der Waals surface area contributed by atoms with Gasteiger partial charge in [0, 0.05) is 55.7 Å². The molecule has 0 spiro atoms. The lowest BCUT2D eigenvalue weighted by atomic mass is 9.82. The van der Waals surface area contributed by atoms with Crippen molar-refractivity contribution in [1.29, 1.82) is 0 Å². The smallest absolute Gasteiger partial charge is 0.258 e. The minimum absolute atomic E-state index is 0.0500. The normalized spacial score (nSPS) is 21.3. The number of halogens is 1. The molecule has 2 aromatic heterocycles. The molecule has 2 unspecified atom stereocenters. The van der Waals surface area contributed by atoms with Gasteiger partial charge in [0.25, 0.3) is 5.56 Å². The number of nitrogens with zero attached hydrogens (tertiary/aromatic N) is 4. The van der Waals surface area contributed by atoms with E-state index in [1.165, 1.54) is 18.5 Å². The van der Waals surface area contributed by atoms with E-state index in [0.29, 0.717) is 17.4 Å². The fourth-order valence-electron chi connectivity index (χ4n) is 4.68. The number of likely N-dealkylation sites (tertiary alicyclic amines) is 1. The molecule has 4 heterocycles. The van der Waals surface area contributed by atoms with Gasteiger partial charge in [0.05, 0.1) is 5.56 Å². The molecule has 28 heavy (non-hydrogen) atoms. The molecule has 1 saturated heterocycles. The lowest BCUT2D eigenvalue weighted by Crippen LogP contribution is -2.46. The summed E-state index contributed by atoms with van der Waals surface area (Å²) in [5.74, 6) is 0.598. The summed E-state index contributed by atoms with van der Waals surface area (Å²) in [6, 6.07) is 10.7. The number of aromatic nitrogens is 3. The van der Waals surface area contributed by atoms with E-state index in [2.05, 4.69) is 20.9 Å². The monoisotopic (exact) mass is 376 g/mol. The van der Waals surface area contributed by atoms with Crippen LogP contribution in [0.4, 0.5) is 4.39 Å². The second-order valence-electron chi connectivity index (χ2n) is 7.83. The maximum absolute atomic E-state index is 13.2. The van der Waals surface area contributed by atoms with Gasteiger partial charge in [-0.15, -0.1) is 0 Å². The third-order valence-electron chi connectivity index (χ3n) is 5.87. The summed E-state index contributed by atoms with van der Waals surface area (Å²) in [4.78, 5) is 23.6. The molecule has 5 nitrogen and oxygen atoms in total. The molecule has 6 heteroatoms. The first-order valence-electron chi connectivity index (χ1n) is 9.63. The molecule has 142 valence electrons. The molecule has 0 radical (unpaired) electrons. The summed E-state index contributed by atoms with van der Waals surface area (Å²) in [6.07, 6.45) is 5.96. The zero-order valence-corrected chi connectivity index (χ0v) is 15.5. The first-order chi connectivity index (χ1) is 13.7. The lowest BCUT2D eigenvalue weighted by molar-refractivity contribution is 0.114. The van der Waals surface area contributed by atoms with Gasteiger partial charge in [-0.2, -0.15) is 0 Å². The van der Waals surface area contributed by atoms with Gasteiger partial charge >= 0.3 is 0 Å². The molecule has 2 atom stereocenters. The Morgan fingerprint density at radius 2 is 1.79 bits per heavy atom. The number of benzene rings is 1. The Kier molecular flexibility index (Phi) is 4.28. The number of piperidine rings is 1. The quantitative estimate of drug-likeness (QED) is 0.705. The van der Waals surface area contributed by atoms with Gasteiger partial charge < -0.3 is 4.57 Å². The Morgan fingerprint density at radius 3 is 2.57 bits per heavy atom. The van der Waals surface area contributed by atoms with Crippen LogP contribution in [0.25, 0.3) is 11.1 Å². The molecule has 5 rings (SSSR count). The first-order valence-corrected chi connectivity index (χ1v) is 9.63. The molecule has 3 aromatic rings. The second kappa shape index (κ2) is 6.95. The van der Waals surface area contributed by atoms with Gasteiger partial charge in [0.1, 0.15) is 12.1 Å². The average molecular weight is 376 g/mol. The lowest BCUT2D eigenvalue weighted by Gasteiger charge is -2.43. The van der Waals surface area contributed by atoms with E-state index < -0.39 is 0 Å². The summed E-state index contributed by atoms with van der Waals surface area (Å²) in [6.45, 7) is 3.43. The zero-order valence-electron chi connectivity index (χ0n) is 15.5. The fourth-order valence-corrected chi connectivity index (χ4v) is 4.68. The van der Waals surface area contributed by atoms with Gasteiger partial charge in [-0.05, 0) is 42.2 Å². The summed E-state index contributed by atoms with van der Waals surface area (Å²) < 4.78 is 15.1. The van der Waals surface area contributed by atoms with Crippen LogP contribution < -0.4 is 5.56 Å². The third kappa shape index (κ3) is 3.14.